The molecule has 3 aromatic rings. The van der Waals surface area contributed by atoms with Crippen LogP contribution in [0.15, 0.2) is 30.3 Å². The highest BCUT2D eigenvalue weighted by Gasteiger charge is 2.34. The molecule has 144 valence electrons. The first-order chi connectivity index (χ1) is 13.7. The number of fused-ring (bicyclic) bond motifs is 8. The Hall–Kier alpha value is -2.50. The van der Waals surface area contributed by atoms with E-state index in [1.807, 2.05) is 6.07 Å². The number of hydrogen-bond donors (Lipinski definition) is 1. The van der Waals surface area contributed by atoms with Crippen LogP contribution < -0.4 is 14.2 Å². The van der Waals surface area contributed by atoms with Crippen molar-refractivity contribution < 1.29 is 19.3 Å². The maximum atomic E-state index is 10.2. The van der Waals surface area contributed by atoms with Crippen molar-refractivity contribution in [1.82, 2.24) is 4.90 Å². The van der Waals surface area contributed by atoms with E-state index in [0.717, 1.165) is 49.6 Å². The molecule has 3 aliphatic rings. The molecule has 28 heavy (non-hydrogen) atoms. The largest absolute Gasteiger partial charge is 0.497 e. The van der Waals surface area contributed by atoms with Crippen LogP contribution in [0.2, 0.25) is 0 Å². The molecule has 3 aliphatic heterocycles. The van der Waals surface area contributed by atoms with Crippen LogP contribution in [0.4, 0.5) is 0 Å². The molecule has 0 aromatic heterocycles. The van der Waals surface area contributed by atoms with Gasteiger partial charge in [0.1, 0.15) is 5.75 Å². The first-order valence-electron chi connectivity index (χ1n) is 9.98. The van der Waals surface area contributed by atoms with Gasteiger partial charge in [-0.15, -0.1) is 0 Å². The molecule has 6 rings (SSSR count). The predicted molar refractivity (Wildman–Crippen MR) is 107 cm³/mol. The molecule has 5 heteroatoms. The van der Waals surface area contributed by atoms with Gasteiger partial charge in [-0.25, -0.2) is 0 Å². The number of rotatable bonds is 1. The normalized spacial score (nSPS) is 23.6. The smallest absolute Gasteiger partial charge is 0.231 e. The van der Waals surface area contributed by atoms with Gasteiger partial charge in [-0.1, -0.05) is 6.07 Å². The molecule has 1 saturated heterocycles. The lowest BCUT2D eigenvalue weighted by Gasteiger charge is -2.42. The van der Waals surface area contributed by atoms with Gasteiger partial charge in [0.2, 0.25) is 6.79 Å². The number of aliphatic hydroxyl groups excluding tert-OH is 1. The maximum absolute atomic E-state index is 10.2. The zero-order chi connectivity index (χ0) is 18.8. The van der Waals surface area contributed by atoms with Gasteiger partial charge in [0.15, 0.2) is 11.5 Å². The fourth-order valence-corrected chi connectivity index (χ4v) is 5.23. The van der Waals surface area contributed by atoms with E-state index in [-0.39, 0.29) is 12.9 Å². The molecule has 3 aromatic carbocycles. The molecule has 5 nitrogen and oxygen atoms in total. The summed E-state index contributed by atoms with van der Waals surface area (Å²) in [5, 5.41) is 15.1. The van der Waals surface area contributed by atoms with Crippen LogP contribution in [0.3, 0.4) is 0 Å². The van der Waals surface area contributed by atoms with Crippen LogP contribution in [-0.2, 0) is 13.0 Å². The molecule has 0 bridgehead atoms. The van der Waals surface area contributed by atoms with Crippen molar-refractivity contribution >= 4 is 21.5 Å². The van der Waals surface area contributed by atoms with E-state index in [4.69, 9.17) is 14.2 Å². The Morgan fingerprint density at radius 3 is 2.57 bits per heavy atom. The molecule has 0 radical (unpaired) electrons. The summed E-state index contributed by atoms with van der Waals surface area (Å²) in [4.78, 5) is 2.46. The van der Waals surface area contributed by atoms with Gasteiger partial charge in [-0.2, -0.15) is 0 Å². The van der Waals surface area contributed by atoms with E-state index >= 15 is 0 Å². The van der Waals surface area contributed by atoms with E-state index < -0.39 is 0 Å². The summed E-state index contributed by atoms with van der Waals surface area (Å²) < 4.78 is 16.9. The highest BCUT2D eigenvalue weighted by molar-refractivity contribution is 6.12. The van der Waals surface area contributed by atoms with Crippen LogP contribution in [0.1, 0.15) is 24.0 Å². The average Bonchev–Trinajstić information content (AvgIpc) is 3.18. The van der Waals surface area contributed by atoms with E-state index in [2.05, 4.69) is 29.2 Å². The first kappa shape index (κ1) is 16.5. The topological polar surface area (TPSA) is 51.2 Å². The molecule has 0 spiro atoms. The van der Waals surface area contributed by atoms with Crippen molar-refractivity contribution in [2.45, 2.75) is 38.0 Å². The van der Waals surface area contributed by atoms with Crippen LogP contribution in [0.25, 0.3) is 21.5 Å². The number of aliphatic hydroxyl groups is 1. The summed E-state index contributed by atoms with van der Waals surface area (Å²) in [7, 11) is 1.70. The Balaban J connectivity index is 1.65. The Kier molecular flexibility index (Phi) is 3.52. The second kappa shape index (κ2) is 6.00. The third-order valence-electron chi connectivity index (χ3n) is 6.64. The summed E-state index contributed by atoms with van der Waals surface area (Å²) in [6, 6.07) is 11.1. The Morgan fingerprint density at radius 1 is 0.964 bits per heavy atom. The Bertz CT molecular complexity index is 1110. The minimum absolute atomic E-state index is 0.210. The molecule has 0 saturated carbocycles. The highest BCUT2D eigenvalue weighted by atomic mass is 16.7. The van der Waals surface area contributed by atoms with Crippen molar-refractivity contribution in [1.29, 1.82) is 0 Å². The predicted octanol–water partition coefficient (Wildman–Crippen LogP) is 3.61. The van der Waals surface area contributed by atoms with Gasteiger partial charge in [-0.05, 0) is 76.2 Å². The van der Waals surface area contributed by atoms with E-state index in [1.54, 1.807) is 7.11 Å². The van der Waals surface area contributed by atoms with Gasteiger partial charge < -0.3 is 19.3 Å². The molecule has 0 amide bonds. The highest BCUT2D eigenvalue weighted by Crippen LogP contribution is 2.45. The van der Waals surface area contributed by atoms with Crippen LogP contribution >= 0.6 is 0 Å². The fraction of sp³-hybridized carbons (Fsp3) is 0.391. The summed E-state index contributed by atoms with van der Waals surface area (Å²) in [6.45, 7) is 1.93. The lowest BCUT2D eigenvalue weighted by atomic mass is 9.82. The number of piperidine rings is 1. The van der Waals surface area contributed by atoms with Crippen molar-refractivity contribution in [3.63, 3.8) is 0 Å². The van der Waals surface area contributed by atoms with Gasteiger partial charge >= 0.3 is 0 Å². The van der Waals surface area contributed by atoms with E-state index in [9.17, 15) is 5.11 Å². The molecule has 2 atom stereocenters. The fourth-order valence-electron chi connectivity index (χ4n) is 5.23. The second-order valence-corrected chi connectivity index (χ2v) is 8.14. The SMILES string of the molecule is COc1ccc2c3c(c4cc5c(cc4c2c1)OCO5)CC1CCC(O)CN1C3. The Labute approximate surface area is 163 Å². The number of methoxy groups -OCH3 is 1. The Morgan fingerprint density at radius 2 is 1.75 bits per heavy atom. The molecule has 2 unspecified atom stereocenters. The van der Waals surface area contributed by atoms with E-state index in [1.165, 1.54) is 32.7 Å². The third-order valence-corrected chi connectivity index (χ3v) is 6.64. The molecule has 1 N–H and O–H groups in total. The molecule has 3 heterocycles. The molecular weight excluding hydrogens is 354 g/mol. The minimum atomic E-state index is -0.210. The van der Waals surface area contributed by atoms with Crippen LogP contribution in [0.5, 0.6) is 17.2 Å². The van der Waals surface area contributed by atoms with E-state index in [0.29, 0.717) is 6.04 Å². The van der Waals surface area contributed by atoms with Gasteiger partial charge in [0.05, 0.1) is 13.2 Å². The van der Waals surface area contributed by atoms with Crippen molar-refractivity contribution in [3.8, 4) is 17.2 Å². The van der Waals surface area contributed by atoms with Crippen molar-refractivity contribution in [3.05, 3.63) is 41.5 Å². The van der Waals surface area contributed by atoms with Crippen LogP contribution in [-0.4, -0.2) is 42.6 Å². The standard InChI is InChI=1S/C23H23NO4/c1-26-15-4-5-16-18(7-15)20-9-23-22(27-12-28-23)8-19(20)17-6-13-2-3-14(25)10-24(13)11-21(16)17/h4-5,7-9,13-14,25H,2-3,6,10-12H2,1H3. The van der Waals surface area contributed by atoms with Gasteiger partial charge in [0.25, 0.3) is 0 Å². The van der Waals surface area contributed by atoms with Gasteiger partial charge in [0, 0.05) is 19.1 Å². The number of ether oxygens (including phenoxy) is 3. The third kappa shape index (κ3) is 2.33. The first-order valence-corrected chi connectivity index (χ1v) is 9.98. The summed E-state index contributed by atoms with van der Waals surface area (Å²) in [5.41, 5.74) is 2.79. The molecular formula is C23H23NO4. The molecule has 0 aliphatic carbocycles. The average molecular weight is 377 g/mol. The maximum Gasteiger partial charge on any atom is 0.231 e. The lowest BCUT2D eigenvalue weighted by Crippen LogP contribution is -2.48. The van der Waals surface area contributed by atoms with Gasteiger partial charge in [-0.3, -0.25) is 4.90 Å². The number of hydrogen-bond acceptors (Lipinski definition) is 5. The summed E-state index contributed by atoms with van der Waals surface area (Å²) in [5.74, 6) is 2.50. The summed E-state index contributed by atoms with van der Waals surface area (Å²) in [6.07, 6.45) is 2.75. The number of benzene rings is 3. The molecule has 1 fully saturated rings. The monoisotopic (exact) mass is 377 g/mol. The number of nitrogens with zero attached hydrogens (tertiary/aromatic N) is 1. The van der Waals surface area contributed by atoms with Crippen LogP contribution in [0, 0.1) is 0 Å². The minimum Gasteiger partial charge on any atom is -0.497 e. The summed E-state index contributed by atoms with van der Waals surface area (Å²) >= 11 is 0. The van der Waals surface area contributed by atoms with Crippen molar-refractivity contribution in [2.24, 2.45) is 0 Å². The van der Waals surface area contributed by atoms with Crippen molar-refractivity contribution in [2.75, 3.05) is 20.4 Å². The second-order valence-electron chi connectivity index (χ2n) is 8.14. The zero-order valence-corrected chi connectivity index (χ0v) is 15.9. The lowest BCUT2D eigenvalue weighted by molar-refractivity contribution is 0.0256. The quantitative estimate of drug-likeness (QED) is 0.657. The zero-order valence-electron chi connectivity index (χ0n) is 15.9.